The number of carbonyl (C=O) groups is 2. The number of alkyl halides is 5. The summed E-state index contributed by atoms with van der Waals surface area (Å²) in [6.07, 6.45) is -4.69. The van der Waals surface area contributed by atoms with E-state index in [-0.39, 0.29) is 23.6 Å². The van der Waals surface area contributed by atoms with Gasteiger partial charge in [0.05, 0.1) is 12.2 Å². The molecule has 2 heterocycles. The number of rotatable bonds is 8. The number of aromatic nitrogens is 2. The SMILES string of the molecule is CC(=O)Cc1cc(C(C)NC(=O)c2ccc(OCC(F)(F)C(F)(F)F)cn2)cc(C)n1. The Morgan fingerprint density at radius 3 is 2.39 bits per heavy atom. The molecule has 0 spiro atoms. The minimum Gasteiger partial charge on any atom is -0.485 e. The van der Waals surface area contributed by atoms with E-state index < -0.39 is 30.7 Å². The second-order valence-corrected chi connectivity index (χ2v) is 6.98. The highest BCUT2D eigenvalue weighted by Gasteiger charge is 2.58. The van der Waals surface area contributed by atoms with Crippen LogP contribution in [0.4, 0.5) is 22.0 Å². The molecule has 0 bridgehead atoms. The number of halogens is 5. The van der Waals surface area contributed by atoms with E-state index in [9.17, 15) is 31.5 Å². The van der Waals surface area contributed by atoms with E-state index in [0.717, 1.165) is 18.3 Å². The quantitative estimate of drug-likeness (QED) is 0.622. The summed E-state index contributed by atoms with van der Waals surface area (Å²) in [5.41, 5.74) is 1.87. The van der Waals surface area contributed by atoms with E-state index in [2.05, 4.69) is 20.0 Å². The molecule has 0 radical (unpaired) electrons. The monoisotopic (exact) mass is 445 g/mol. The highest BCUT2D eigenvalue weighted by Crippen LogP contribution is 2.35. The smallest absolute Gasteiger partial charge is 0.456 e. The van der Waals surface area contributed by atoms with Gasteiger partial charge in [0, 0.05) is 17.8 Å². The predicted molar refractivity (Wildman–Crippen MR) is 100.0 cm³/mol. The van der Waals surface area contributed by atoms with Crippen molar-refractivity contribution in [3.05, 3.63) is 53.1 Å². The van der Waals surface area contributed by atoms with Gasteiger partial charge in [-0.05, 0) is 50.6 Å². The summed E-state index contributed by atoms with van der Waals surface area (Å²) in [5.74, 6) is -6.00. The van der Waals surface area contributed by atoms with Gasteiger partial charge < -0.3 is 10.1 Å². The Kier molecular flexibility index (Phi) is 7.29. The van der Waals surface area contributed by atoms with E-state index in [0.29, 0.717) is 17.0 Å². The Labute approximate surface area is 174 Å². The molecule has 0 aliphatic heterocycles. The largest absolute Gasteiger partial charge is 0.485 e. The topological polar surface area (TPSA) is 81.2 Å². The summed E-state index contributed by atoms with van der Waals surface area (Å²) in [5, 5.41) is 2.69. The van der Waals surface area contributed by atoms with Crippen LogP contribution >= 0.6 is 0 Å². The lowest BCUT2D eigenvalue weighted by molar-refractivity contribution is -0.290. The van der Waals surface area contributed by atoms with Gasteiger partial charge in [0.25, 0.3) is 5.91 Å². The van der Waals surface area contributed by atoms with Gasteiger partial charge in [0.2, 0.25) is 0 Å². The molecule has 11 heteroatoms. The van der Waals surface area contributed by atoms with Crippen molar-refractivity contribution in [3.8, 4) is 5.75 Å². The third-order valence-electron chi connectivity index (χ3n) is 4.11. The first kappa shape index (κ1) is 24.2. The van der Waals surface area contributed by atoms with Crippen LogP contribution in [0.25, 0.3) is 0 Å². The molecular weight excluding hydrogens is 425 g/mol. The average molecular weight is 445 g/mol. The van der Waals surface area contributed by atoms with E-state index in [4.69, 9.17) is 0 Å². The minimum atomic E-state index is -5.73. The molecule has 0 aliphatic carbocycles. The maximum atomic E-state index is 12.9. The number of hydrogen-bond donors (Lipinski definition) is 1. The van der Waals surface area contributed by atoms with Crippen molar-refractivity contribution < 1.29 is 36.3 Å². The first-order chi connectivity index (χ1) is 14.3. The zero-order valence-corrected chi connectivity index (χ0v) is 16.9. The summed E-state index contributed by atoms with van der Waals surface area (Å²) < 4.78 is 66.7. The number of pyridine rings is 2. The molecule has 0 aliphatic rings. The molecule has 1 unspecified atom stereocenters. The van der Waals surface area contributed by atoms with Gasteiger partial charge in [-0.1, -0.05) is 0 Å². The number of amides is 1. The van der Waals surface area contributed by atoms with E-state index >= 15 is 0 Å². The van der Waals surface area contributed by atoms with Crippen LogP contribution in [-0.4, -0.2) is 40.4 Å². The molecule has 0 aromatic carbocycles. The second kappa shape index (κ2) is 9.36. The zero-order valence-electron chi connectivity index (χ0n) is 16.9. The molecule has 1 amide bonds. The van der Waals surface area contributed by atoms with Crippen molar-refractivity contribution in [2.45, 2.75) is 45.3 Å². The predicted octanol–water partition coefficient (Wildman–Crippen LogP) is 3.98. The summed E-state index contributed by atoms with van der Waals surface area (Å²) in [4.78, 5) is 31.7. The number of hydrogen-bond acceptors (Lipinski definition) is 5. The fourth-order valence-electron chi connectivity index (χ4n) is 2.57. The fourth-order valence-corrected chi connectivity index (χ4v) is 2.57. The van der Waals surface area contributed by atoms with Crippen molar-refractivity contribution in [3.63, 3.8) is 0 Å². The number of aryl methyl sites for hydroxylation is 1. The van der Waals surface area contributed by atoms with E-state index in [1.165, 1.54) is 6.92 Å². The maximum Gasteiger partial charge on any atom is 0.456 e. The van der Waals surface area contributed by atoms with E-state index in [1.54, 1.807) is 26.0 Å². The van der Waals surface area contributed by atoms with Crippen molar-refractivity contribution in [2.24, 2.45) is 0 Å². The van der Waals surface area contributed by atoms with Crippen LogP contribution in [0.5, 0.6) is 5.75 Å². The molecular formula is C20H20F5N3O3. The lowest BCUT2D eigenvalue weighted by Gasteiger charge is -2.19. The van der Waals surface area contributed by atoms with Gasteiger partial charge in [-0.25, -0.2) is 4.98 Å². The van der Waals surface area contributed by atoms with Crippen LogP contribution in [0, 0.1) is 6.92 Å². The summed E-state index contributed by atoms with van der Waals surface area (Å²) in [7, 11) is 0. The number of carbonyl (C=O) groups excluding carboxylic acids is 2. The van der Waals surface area contributed by atoms with Crippen LogP contribution in [0.2, 0.25) is 0 Å². The third-order valence-corrected chi connectivity index (χ3v) is 4.11. The van der Waals surface area contributed by atoms with Crippen LogP contribution in [0.3, 0.4) is 0 Å². The van der Waals surface area contributed by atoms with Gasteiger partial charge in [0.1, 0.15) is 17.2 Å². The Balaban J connectivity index is 2.03. The molecule has 1 N–H and O–H groups in total. The van der Waals surface area contributed by atoms with Gasteiger partial charge in [-0.2, -0.15) is 22.0 Å². The van der Waals surface area contributed by atoms with E-state index in [1.807, 2.05) is 0 Å². The second-order valence-electron chi connectivity index (χ2n) is 6.98. The summed E-state index contributed by atoms with van der Waals surface area (Å²) >= 11 is 0. The number of ether oxygens (including phenoxy) is 1. The molecule has 168 valence electrons. The summed E-state index contributed by atoms with van der Waals surface area (Å²) in [6, 6.07) is 5.19. The van der Waals surface area contributed by atoms with Gasteiger partial charge in [0.15, 0.2) is 6.61 Å². The first-order valence-corrected chi connectivity index (χ1v) is 9.09. The number of ketones is 1. The van der Waals surface area contributed by atoms with Crippen molar-refractivity contribution >= 4 is 11.7 Å². The van der Waals surface area contributed by atoms with Crippen LogP contribution in [-0.2, 0) is 11.2 Å². The fraction of sp³-hybridized carbons (Fsp3) is 0.400. The molecule has 6 nitrogen and oxygen atoms in total. The zero-order chi connectivity index (χ0) is 23.4. The molecule has 0 saturated carbocycles. The Bertz CT molecular complexity index is 946. The van der Waals surface area contributed by atoms with Gasteiger partial charge in [-0.15, -0.1) is 0 Å². The Morgan fingerprint density at radius 2 is 1.84 bits per heavy atom. The molecule has 0 saturated heterocycles. The van der Waals surface area contributed by atoms with Crippen LogP contribution in [0.1, 0.15) is 47.3 Å². The van der Waals surface area contributed by atoms with Gasteiger partial charge in [-0.3, -0.25) is 14.6 Å². The van der Waals surface area contributed by atoms with Crippen molar-refractivity contribution in [1.29, 1.82) is 0 Å². The molecule has 2 aromatic rings. The average Bonchev–Trinajstić information content (AvgIpc) is 2.64. The van der Waals surface area contributed by atoms with Crippen molar-refractivity contribution in [1.82, 2.24) is 15.3 Å². The molecule has 31 heavy (non-hydrogen) atoms. The van der Waals surface area contributed by atoms with Gasteiger partial charge >= 0.3 is 12.1 Å². The standard InChI is InChI=1S/C20H20F5N3O3/c1-11-6-14(8-15(27-11)7-12(2)29)13(3)28-18(30)17-5-4-16(9-26-17)31-10-19(21,22)20(23,24)25/h4-6,8-9,13H,7,10H2,1-3H3,(H,28,30). The normalized spacial score (nSPS) is 12.9. The molecule has 2 rings (SSSR count). The molecule has 2 aromatic heterocycles. The Morgan fingerprint density at radius 1 is 1.16 bits per heavy atom. The number of Topliss-reactive ketones (excluding diaryl/α,β-unsaturated/α-hetero) is 1. The van der Waals surface area contributed by atoms with Crippen LogP contribution in [0.15, 0.2) is 30.5 Å². The lowest BCUT2D eigenvalue weighted by atomic mass is 10.1. The third kappa shape index (κ3) is 6.69. The minimum absolute atomic E-state index is 0.0553. The highest BCUT2D eigenvalue weighted by molar-refractivity contribution is 5.92. The summed E-state index contributed by atoms with van der Waals surface area (Å²) in [6.45, 7) is 3.01. The van der Waals surface area contributed by atoms with Crippen LogP contribution < -0.4 is 10.1 Å². The lowest BCUT2D eigenvalue weighted by Crippen LogP contribution is -2.41. The number of nitrogens with one attached hydrogen (secondary N) is 1. The Hall–Kier alpha value is -3.11. The highest BCUT2D eigenvalue weighted by atomic mass is 19.4. The molecule has 0 fully saturated rings. The molecule has 1 atom stereocenters. The van der Waals surface area contributed by atoms with Crippen molar-refractivity contribution in [2.75, 3.05) is 6.61 Å². The first-order valence-electron chi connectivity index (χ1n) is 9.09. The maximum absolute atomic E-state index is 12.9. The number of nitrogens with zero attached hydrogens (tertiary/aromatic N) is 2.